The Bertz CT molecular complexity index is 971. The van der Waals surface area contributed by atoms with Crippen LogP contribution in [-0.4, -0.2) is 31.1 Å². The maximum atomic E-state index is 13.4. The molecule has 1 amide bonds. The second kappa shape index (κ2) is 5.18. The van der Waals surface area contributed by atoms with E-state index >= 15 is 0 Å². The summed E-state index contributed by atoms with van der Waals surface area (Å²) in [6.45, 7) is 1.03. The molecule has 0 aliphatic carbocycles. The number of nitrogens with zero attached hydrogens (tertiary/aromatic N) is 4. The van der Waals surface area contributed by atoms with Gasteiger partial charge in [0, 0.05) is 0 Å². The Kier molecular flexibility index (Phi) is 3.39. The highest BCUT2D eigenvalue weighted by Gasteiger charge is 2.40. The Balaban J connectivity index is 2.34. The topological polar surface area (TPSA) is 95.3 Å². The van der Waals surface area contributed by atoms with Crippen LogP contribution in [0.1, 0.15) is 33.5 Å². The van der Waals surface area contributed by atoms with Crippen molar-refractivity contribution >= 4 is 17.2 Å². The van der Waals surface area contributed by atoms with Crippen molar-refractivity contribution in [1.29, 1.82) is 0 Å². The maximum absolute atomic E-state index is 13.4. The number of fused-ring (bicyclic) bond motifs is 1. The lowest BCUT2D eigenvalue weighted by atomic mass is 10.1. The van der Waals surface area contributed by atoms with E-state index < -0.39 is 29.1 Å². The smallest absolute Gasteiger partial charge is 0.364 e. The minimum Gasteiger partial charge on any atom is -0.364 e. The van der Waals surface area contributed by atoms with Crippen molar-refractivity contribution in [2.45, 2.75) is 13.1 Å². The number of hydrogen-bond donors (Lipinski definition) is 1. The Hall–Kier alpha value is -3.17. The van der Waals surface area contributed by atoms with Gasteiger partial charge in [-0.2, -0.15) is 23.4 Å². The number of rotatable bonds is 3. The van der Waals surface area contributed by atoms with Gasteiger partial charge in [-0.05, 0) is 25.1 Å². The van der Waals surface area contributed by atoms with Gasteiger partial charge in [-0.1, -0.05) is 0 Å². The number of ketones is 1. The molecule has 0 saturated heterocycles. The number of alkyl halides is 3. The highest BCUT2D eigenvalue weighted by molar-refractivity contribution is 5.95. The van der Waals surface area contributed by atoms with Crippen LogP contribution in [0.2, 0.25) is 0 Å². The van der Waals surface area contributed by atoms with E-state index in [4.69, 9.17) is 5.73 Å². The molecular weight excluding hydrogens is 327 g/mol. The summed E-state index contributed by atoms with van der Waals surface area (Å²) in [7, 11) is 0. The maximum Gasteiger partial charge on any atom is 0.434 e. The van der Waals surface area contributed by atoms with E-state index in [0.717, 1.165) is 17.6 Å². The molecule has 0 atom stereocenters. The lowest BCUT2D eigenvalue weighted by Gasteiger charge is -2.13. The van der Waals surface area contributed by atoms with Crippen LogP contribution in [0, 0.1) is 0 Å². The number of Topliss-reactive ketones (excluding diaryl/α,β-unsaturated/α-hetero) is 1. The monoisotopic (exact) mass is 337 g/mol. The first kappa shape index (κ1) is 15.7. The number of aromatic nitrogens is 4. The molecule has 10 heteroatoms. The normalized spacial score (nSPS) is 11.8. The average Bonchev–Trinajstić information content (AvgIpc) is 3.12. The van der Waals surface area contributed by atoms with Gasteiger partial charge in [-0.25, -0.2) is 9.20 Å². The molecule has 0 unspecified atom stereocenters. The fourth-order valence-electron chi connectivity index (χ4n) is 2.43. The second-order valence-corrected chi connectivity index (χ2v) is 4.97. The summed E-state index contributed by atoms with van der Waals surface area (Å²) in [4.78, 5) is 22.9. The average molecular weight is 337 g/mol. The fraction of sp³-hybridized carbons (Fsp3) is 0.143. The van der Waals surface area contributed by atoms with Crippen molar-refractivity contribution < 1.29 is 22.8 Å². The van der Waals surface area contributed by atoms with Crippen molar-refractivity contribution in [1.82, 2.24) is 19.4 Å². The van der Waals surface area contributed by atoms with Gasteiger partial charge in [0.05, 0.1) is 29.2 Å². The predicted octanol–water partition coefficient (Wildman–Crippen LogP) is 1.84. The standard InChI is InChI=1S/C14H10F3N5O2/c1-7(23)8-6-20-22(12(8)14(15,16)17)9-2-3-11(13(18)24)21-10(9)4-5-19-21/h2-6H,1H3,(H2,18,24). The minimum absolute atomic E-state index is 0.00579. The van der Waals surface area contributed by atoms with Gasteiger partial charge >= 0.3 is 6.18 Å². The molecule has 0 fully saturated rings. The zero-order valence-electron chi connectivity index (χ0n) is 12.2. The number of pyridine rings is 1. The molecule has 124 valence electrons. The fourth-order valence-corrected chi connectivity index (χ4v) is 2.43. The number of amides is 1. The molecular formula is C14H10F3N5O2. The number of carbonyl (C=O) groups is 2. The zero-order valence-corrected chi connectivity index (χ0v) is 12.2. The van der Waals surface area contributed by atoms with Gasteiger partial charge in [-0.15, -0.1) is 0 Å². The van der Waals surface area contributed by atoms with E-state index in [1.165, 1.54) is 24.4 Å². The molecule has 0 aliphatic rings. The SMILES string of the molecule is CC(=O)c1cnn(-c2ccc(C(N)=O)n3nccc23)c1C(F)(F)F. The first-order valence-corrected chi connectivity index (χ1v) is 6.65. The molecule has 0 radical (unpaired) electrons. The lowest BCUT2D eigenvalue weighted by molar-refractivity contribution is -0.143. The summed E-state index contributed by atoms with van der Waals surface area (Å²) in [5.41, 5.74) is 3.70. The largest absolute Gasteiger partial charge is 0.434 e. The minimum atomic E-state index is -4.79. The van der Waals surface area contributed by atoms with E-state index in [1.54, 1.807) is 0 Å². The summed E-state index contributed by atoms with van der Waals surface area (Å²) < 4.78 is 42.0. The van der Waals surface area contributed by atoms with Crippen LogP contribution in [0.4, 0.5) is 13.2 Å². The van der Waals surface area contributed by atoms with Gasteiger partial charge in [0.2, 0.25) is 0 Å². The van der Waals surface area contributed by atoms with Gasteiger partial charge in [0.25, 0.3) is 5.91 Å². The van der Waals surface area contributed by atoms with E-state index in [2.05, 4.69) is 10.2 Å². The molecule has 0 spiro atoms. The first-order valence-electron chi connectivity index (χ1n) is 6.65. The van der Waals surface area contributed by atoms with Crippen LogP contribution in [-0.2, 0) is 6.18 Å². The van der Waals surface area contributed by atoms with Gasteiger partial charge in [0.15, 0.2) is 11.5 Å². The molecule has 7 nitrogen and oxygen atoms in total. The molecule has 3 aromatic rings. The molecule has 3 heterocycles. The van der Waals surface area contributed by atoms with Crippen LogP contribution < -0.4 is 5.73 Å². The molecule has 0 bridgehead atoms. The van der Waals surface area contributed by atoms with E-state index in [9.17, 15) is 22.8 Å². The Morgan fingerprint density at radius 3 is 2.46 bits per heavy atom. The molecule has 0 aromatic carbocycles. The number of primary amides is 1. The molecule has 24 heavy (non-hydrogen) atoms. The first-order chi connectivity index (χ1) is 11.2. The zero-order chi connectivity index (χ0) is 17.6. The van der Waals surface area contributed by atoms with Gasteiger partial charge in [0.1, 0.15) is 5.69 Å². The summed E-state index contributed by atoms with van der Waals surface area (Å²) in [5, 5.41) is 7.58. The number of hydrogen-bond acceptors (Lipinski definition) is 4. The van der Waals surface area contributed by atoms with E-state index in [-0.39, 0.29) is 16.9 Å². The summed E-state index contributed by atoms with van der Waals surface area (Å²) in [6, 6.07) is 3.92. The van der Waals surface area contributed by atoms with Crippen LogP contribution in [0.25, 0.3) is 11.2 Å². The van der Waals surface area contributed by atoms with Crippen LogP contribution in [0.5, 0.6) is 0 Å². The summed E-state index contributed by atoms with van der Waals surface area (Å²) >= 11 is 0. The molecule has 0 saturated carbocycles. The Morgan fingerprint density at radius 2 is 1.88 bits per heavy atom. The van der Waals surface area contributed by atoms with Crippen molar-refractivity contribution in [2.75, 3.05) is 0 Å². The van der Waals surface area contributed by atoms with Crippen molar-refractivity contribution in [3.05, 3.63) is 47.5 Å². The highest BCUT2D eigenvalue weighted by atomic mass is 19.4. The van der Waals surface area contributed by atoms with E-state index in [1.807, 2.05) is 0 Å². The second-order valence-electron chi connectivity index (χ2n) is 4.97. The summed E-state index contributed by atoms with van der Waals surface area (Å²) in [5.74, 6) is -1.54. The lowest BCUT2D eigenvalue weighted by Crippen LogP contribution is -2.19. The van der Waals surface area contributed by atoms with Crippen LogP contribution >= 0.6 is 0 Å². The van der Waals surface area contributed by atoms with Gasteiger partial charge in [-0.3, -0.25) is 9.59 Å². The van der Waals surface area contributed by atoms with Crippen LogP contribution in [0.3, 0.4) is 0 Å². The van der Waals surface area contributed by atoms with E-state index in [0.29, 0.717) is 4.68 Å². The van der Waals surface area contributed by atoms with Crippen molar-refractivity contribution in [3.8, 4) is 5.69 Å². The molecule has 0 aliphatic heterocycles. The molecule has 3 aromatic heterocycles. The Labute approximate surface area is 132 Å². The van der Waals surface area contributed by atoms with Crippen molar-refractivity contribution in [2.24, 2.45) is 5.73 Å². The van der Waals surface area contributed by atoms with Gasteiger partial charge < -0.3 is 5.73 Å². The number of halogens is 3. The summed E-state index contributed by atoms with van der Waals surface area (Å²) in [6.07, 6.45) is -2.62. The third-order valence-corrected chi connectivity index (χ3v) is 3.43. The Morgan fingerprint density at radius 1 is 1.17 bits per heavy atom. The quantitative estimate of drug-likeness (QED) is 0.738. The number of carbonyl (C=O) groups excluding carboxylic acids is 2. The third-order valence-electron chi connectivity index (χ3n) is 3.43. The van der Waals surface area contributed by atoms with Crippen LogP contribution in [0.15, 0.2) is 30.6 Å². The molecule has 2 N–H and O–H groups in total. The number of nitrogens with two attached hydrogens (primary N) is 1. The molecule has 3 rings (SSSR count). The third kappa shape index (κ3) is 2.32. The predicted molar refractivity (Wildman–Crippen MR) is 75.8 cm³/mol. The van der Waals surface area contributed by atoms with Crippen molar-refractivity contribution in [3.63, 3.8) is 0 Å². The highest BCUT2D eigenvalue weighted by Crippen LogP contribution is 2.34.